The van der Waals surface area contributed by atoms with Crippen molar-refractivity contribution < 1.29 is 13.9 Å². The largest absolute Gasteiger partial charge is 0.493 e. The lowest BCUT2D eigenvalue weighted by atomic mass is 9.97. The van der Waals surface area contributed by atoms with Gasteiger partial charge >= 0.3 is 0 Å². The van der Waals surface area contributed by atoms with E-state index >= 15 is 0 Å². The van der Waals surface area contributed by atoms with Gasteiger partial charge in [0, 0.05) is 22.1 Å². The molecule has 0 radical (unpaired) electrons. The third kappa shape index (κ3) is 5.97. The van der Waals surface area contributed by atoms with E-state index in [4.69, 9.17) is 21.1 Å². The molecular weight excluding hydrogens is 457 g/mol. The molecule has 0 aromatic heterocycles. The Balaban J connectivity index is 1.70. The van der Waals surface area contributed by atoms with Gasteiger partial charge in [0.2, 0.25) is 0 Å². The van der Waals surface area contributed by atoms with Crippen molar-refractivity contribution in [2.75, 3.05) is 13.7 Å². The number of methoxy groups -OCH3 is 1. The first kappa shape index (κ1) is 22.1. The first-order chi connectivity index (χ1) is 14.1. The normalized spacial score (nSPS) is 13.9. The fraction of sp³-hybridized carbons (Fsp3) is 0.391. The van der Waals surface area contributed by atoms with Gasteiger partial charge in [-0.1, -0.05) is 45.2 Å². The van der Waals surface area contributed by atoms with E-state index < -0.39 is 0 Å². The molecule has 0 bridgehead atoms. The number of halogens is 3. The monoisotopic (exact) mass is 481 g/mol. The second kappa shape index (κ2) is 11.0. The highest BCUT2D eigenvalue weighted by Gasteiger charge is 2.16. The minimum atomic E-state index is -0.383. The summed E-state index contributed by atoms with van der Waals surface area (Å²) in [5.74, 6) is 0.810. The molecule has 1 N–H and O–H groups in total. The molecule has 0 atom stereocenters. The van der Waals surface area contributed by atoms with Crippen LogP contribution < -0.4 is 14.8 Å². The van der Waals surface area contributed by atoms with Crippen LogP contribution in [0.25, 0.3) is 0 Å². The Morgan fingerprint density at radius 1 is 1.17 bits per heavy atom. The summed E-state index contributed by atoms with van der Waals surface area (Å²) in [4.78, 5) is 0. The van der Waals surface area contributed by atoms with Gasteiger partial charge in [0.05, 0.1) is 12.1 Å². The van der Waals surface area contributed by atoms with Crippen molar-refractivity contribution in [3.63, 3.8) is 0 Å². The van der Waals surface area contributed by atoms with Crippen molar-refractivity contribution in [3.8, 4) is 11.5 Å². The van der Waals surface area contributed by atoms with Gasteiger partial charge in [-0.2, -0.15) is 0 Å². The summed E-state index contributed by atoms with van der Waals surface area (Å²) in [7, 11) is 1.60. The smallest absolute Gasteiger partial charge is 0.167 e. The summed E-state index contributed by atoms with van der Waals surface area (Å²) < 4.78 is 26.5. The molecule has 2 aromatic rings. The minimum Gasteiger partial charge on any atom is -0.493 e. The topological polar surface area (TPSA) is 30.5 Å². The summed E-state index contributed by atoms with van der Waals surface area (Å²) in [6, 6.07) is 8.38. The number of ether oxygens (including phenoxy) is 2. The predicted molar refractivity (Wildman–Crippen MR) is 119 cm³/mol. The number of benzene rings is 2. The van der Waals surface area contributed by atoms with Crippen LogP contribution in [0.1, 0.15) is 43.2 Å². The van der Waals surface area contributed by atoms with Gasteiger partial charge in [-0.3, -0.25) is 0 Å². The first-order valence-electron chi connectivity index (χ1n) is 9.90. The van der Waals surface area contributed by atoms with Crippen LogP contribution in [0, 0.1) is 5.82 Å². The van der Waals surface area contributed by atoms with Crippen LogP contribution in [-0.2, 0) is 13.2 Å². The van der Waals surface area contributed by atoms with Crippen molar-refractivity contribution >= 4 is 27.5 Å². The van der Waals surface area contributed by atoms with Gasteiger partial charge in [-0.05, 0) is 62.9 Å². The van der Waals surface area contributed by atoms with Crippen LogP contribution in [0.5, 0.6) is 11.5 Å². The van der Waals surface area contributed by atoms with E-state index in [-0.39, 0.29) is 12.4 Å². The quantitative estimate of drug-likeness (QED) is 0.314. The van der Waals surface area contributed by atoms with E-state index in [9.17, 15) is 4.39 Å². The molecule has 1 aliphatic rings. The Bertz CT molecular complexity index is 852. The average Bonchev–Trinajstić information content (AvgIpc) is 2.73. The van der Waals surface area contributed by atoms with E-state index in [1.807, 2.05) is 12.1 Å². The average molecular weight is 483 g/mol. The molecule has 0 aliphatic heterocycles. The zero-order valence-corrected chi connectivity index (χ0v) is 18.9. The summed E-state index contributed by atoms with van der Waals surface area (Å²) in [5, 5.41) is 3.84. The molecule has 1 aliphatic carbocycles. The minimum absolute atomic E-state index is 0.0260. The highest BCUT2D eigenvalue weighted by Crippen LogP contribution is 2.37. The van der Waals surface area contributed by atoms with Gasteiger partial charge in [0.1, 0.15) is 12.4 Å². The van der Waals surface area contributed by atoms with E-state index in [2.05, 4.69) is 27.3 Å². The summed E-state index contributed by atoms with van der Waals surface area (Å²) in [6.07, 6.45) is 8.45. The van der Waals surface area contributed by atoms with E-state index in [0.717, 1.165) is 23.0 Å². The fourth-order valence-electron chi connectivity index (χ4n) is 3.47. The van der Waals surface area contributed by atoms with Crippen molar-refractivity contribution in [1.29, 1.82) is 0 Å². The molecule has 156 valence electrons. The Morgan fingerprint density at radius 2 is 2.03 bits per heavy atom. The molecule has 3 rings (SSSR count). The molecule has 3 nitrogen and oxygen atoms in total. The van der Waals surface area contributed by atoms with E-state index in [1.54, 1.807) is 24.8 Å². The van der Waals surface area contributed by atoms with Crippen LogP contribution in [0.2, 0.25) is 5.02 Å². The molecule has 2 aromatic carbocycles. The molecular formula is C23H26BrClFNO2. The molecule has 0 unspecified atom stereocenters. The first-order valence-corrected chi connectivity index (χ1v) is 11.1. The zero-order valence-electron chi connectivity index (χ0n) is 16.6. The number of allylic oxidation sites excluding steroid dienone is 1. The van der Waals surface area contributed by atoms with Crippen LogP contribution in [0.15, 0.2) is 46.5 Å². The maximum atomic E-state index is 14.1. The molecule has 0 saturated heterocycles. The van der Waals surface area contributed by atoms with Crippen molar-refractivity contribution in [2.24, 2.45) is 0 Å². The second-order valence-electron chi connectivity index (χ2n) is 7.08. The van der Waals surface area contributed by atoms with Crippen molar-refractivity contribution in [1.82, 2.24) is 5.32 Å². The lowest BCUT2D eigenvalue weighted by molar-refractivity contribution is 0.276. The SMILES string of the molecule is COc1ccc(Br)c(CNCCC2=CCCCC2)c1OCc1c(F)cccc1Cl. The van der Waals surface area contributed by atoms with Crippen LogP contribution in [-0.4, -0.2) is 13.7 Å². The third-order valence-electron chi connectivity index (χ3n) is 5.12. The lowest BCUT2D eigenvalue weighted by Gasteiger charge is -2.18. The molecule has 0 amide bonds. The van der Waals surface area contributed by atoms with Crippen molar-refractivity contribution in [3.05, 3.63) is 68.4 Å². The summed E-state index contributed by atoms with van der Waals surface area (Å²) >= 11 is 9.75. The molecule has 0 fully saturated rings. The molecule has 0 heterocycles. The molecule has 29 heavy (non-hydrogen) atoms. The fourth-order valence-corrected chi connectivity index (χ4v) is 4.14. The maximum absolute atomic E-state index is 14.1. The van der Waals surface area contributed by atoms with Gasteiger partial charge in [-0.15, -0.1) is 0 Å². The molecule has 0 saturated carbocycles. The van der Waals surface area contributed by atoms with E-state index in [0.29, 0.717) is 28.6 Å². The predicted octanol–water partition coefficient (Wildman–Crippen LogP) is 6.81. The highest BCUT2D eigenvalue weighted by molar-refractivity contribution is 9.10. The van der Waals surface area contributed by atoms with Gasteiger partial charge in [0.25, 0.3) is 0 Å². The van der Waals surface area contributed by atoms with Gasteiger partial charge in [0.15, 0.2) is 11.5 Å². The summed E-state index contributed by atoms with van der Waals surface area (Å²) in [5.41, 5.74) is 2.81. The number of rotatable bonds is 9. The Morgan fingerprint density at radius 3 is 2.76 bits per heavy atom. The number of hydrogen-bond donors (Lipinski definition) is 1. The standard InChI is InChI=1S/C23H26BrClFNO2/c1-28-22-11-10-19(24)17(14-27-13-12-16-6-3-2-4-7-16)23(22)29-15-18-20(25)8-5-9-21(18)26/h5-6,8-11,27H,2-4,7,12-15H2,1H3. The van der Waals surface area contributed by atoms with Crippen molar-refractivity contribution in [2.45, 2.75) is 45.3 Å². The number of nitrogens with one attached hydrogen (secondary N) is 1. The van der Waals surface area contributed by atoms with Gasteiger partial charge in [-0.25, -0.2) is 4.39 Å². The Kier molecular flexibility index (Phi) is 8.40. The summed E-state index contributed by atoms with van der Waals surface area (Å²) in [6.45, 7) is 1.54. The van der Waals surface area contributed by atoms with Crippen LogP contribution >= 0.6 is 27.5 Å². The maximum Gasteiger partial charge on any atom is 0.167 e. The Labute approximate surface area is 185 Å². The second-order valence-corrected chi connectivity index (χ2v) is 8.34. The van der Waals surface area contributed by atoms with Gasteiger partial charge < -0.3 is 14.8 Å². The lowest BCUT2D eigenvalue weighted by Crippen LogP contribution is -2.17. The Hall–Kier alpha value is -1.56. The zero-order chi connectivity index (χ0) is 20.6. The highest BCUT2D eigenvalue weighted by atomic mass is 79.9. The molecule has 6 heteroatoms. The van der Waals surface area contributed by atoms with Crippen LogP contribution in [0.4, 0.5) is 4.39 Å². The molecule has 0 spiro atoms. The van der Waals surface area contributed by atoms with Crippen LogP contribution in [0.3, 0.4) is 0 Å². The third-order valence-corrected chi connectivity index (χ3v) is 6.22. The van der Waals surface area contributed by atoms with E-state index in [1.165, 1.54) is 31.7 Å². The number of hydrogen-bond acceptors (Lipinski definition) is 3.